The second-order valence-corrected chi connectivity index (χ2v) is 5.76. The van der Waals surface area contributed by atoms with Crippen LogP contribution in [0.5, 0.6) is 0 Å². The third-order valence-corrected chi connectivity index (χ3v) is 3.73. The standard InChI is InChI=1S/C16H26N2O/c1-12(2)17-10-15-5-6-16(9-13(15)3)18-7-8-19-11-14(18)4/h5-6,9,12,14,17H,7-8,10-11H2,1-4H3. The van der Waals surface area contributed by atoms with Crippen molar-refractivity contribution in [3.05, 3.63) is 29.3 Å². The zero-order valence-corrected chi connectivity index (χ0v) is 12.6. The molecule has 0 radical (unpaired) electrons. The average Bonchev–Trinajstić information content (AvgIpc) is 2.37. The molecule has 3 nitrogen and oxygen atoms in total. The van der Waals surface area contributed by atoms with Gasteiger partial charge in [-0.05, 0) is 37.1 Å². The molecular formula is C16H26N2O. The summed E-state index contributed by atoms with van der Waals surface area (Å²) in [6.45, 7) is 12.4. The molecule has 1 saturated heterocycles. The summed E-state index contributed by atoms with van der Waals surface area (Å²) in [4.78, 5) is 2.44. The smallest absolute Gasteiger partial charge is 0.0668 e. The lowest BCUT2D eigenvalue weighted by molar-refractivity contribution is 0.0989. The maximum Gasteiger partial charge on any atom is 0.0668 e. The van der Waals surface area contributed by atoms with Gasteiger partial charge in [0.2, 0.25) is 0 Å². The molecule has 1 aliphatic heterocycles. The van der Waals surface area contributed by atoms with Crippen LogP contribution in [0.4, 0.5) is 5.69 Å². The molecule has 2 rings (SSSR count). The van der Waals surface area contributed by atoms with Gasteiger partial charge in [-0.1, -0.05) is 19.9 Å². The van der Waals surface area contributed by atoms with E-state index in [4.69, 9.17) is 4.74 Å². The number of ether oxygens (including phenoxy) is 1. The number of morpholine rings is 1. The molecule has 0 bridgehead atoms. The predicted octanol–water partition coefficient (Wildman–Crippen LogP) is 2.72. The molecule has 1 heterocycles. The van der Waals surface area contributed by atoms with E-state index < -0.39 is 0 Å². The lowest BCUT2D eigenvalue weighted by atomic mass is 10.1. The molecule has 1 N–H and O–H groups in total. The van der Waals surface area contributed by atoms with Gasteiger partial charge in [-0.25, -0.2) is 0 Å². The molecule has 0 amide bonds. The van der Waals surface area contributed by atoms with Crippen molar-refractivity contribution >= 4 is 5.69 Å². The van der Waals surface area contributed by atoms with Crippen LogP contribution in [-0.2, 0) is 11.3 Å². The third-order valence-electron chi connectivity index (χ3n) is 3.73. The van der Waals surface area contributed by atoms with Gasteiger partial charge in [-0.2, -0.15) is 0 Å². The average molecular weight is 262 g/mol. The van der Waals surface area contributed by atoms with Gasteiger partial charge in [0.05, 0.1) is 13.2 Å². The largest absolute Gasteiger partial charge is 0.377 e. The van der Waals surface area contributed by atoms with Gasteiger partial charge < -0.3 is 15.0 Å². The highest BCUT2D eigenvalue weighted by atomic mass is 16.5. The number of nitrogens with zero attached hydrogens (tertiary/aromatic N) is 1. The van der Waals surface area contributed by atoms with E-state index >= 15 is 0 Å². The first-order chi connectivity index (χ1) is 9.08. The molecule has 1 aromatic carbocycles. The molecule has 0 saturated carbocycles. The highest BCUT2D eigenvalue weighted by molar-refractivity contribution is 5.52. The van der Waals surface area contributed by atoms with Gasteiger partial charge in [0, 0.05) is 30.9 Å². The third kappa shape index (κ3) is 3.71. The van der Waals surface area contributed by atoms with Gasteiger partial charge in [-0.3, -0.25) is 0 Å². The number of benzene rings is 1. The molecular weight excluding hydrogens is 236 g/mol. The highest BCUT2D eigenvalue weighted by Crippen LogP contribution is 2.23. The van der Waals surface area contributed by atoms with E-state index in [1.807, 2.05) is 0 Å². The fraction of sp³-hybridized carbons (Fsp3) is 0.625. The van der Waals surface area contributed by atoms with Crippen LogP contribution >= 0.6 is 0 Å². The second kappa shape index (κ2) is 6.40. The Morgan fingerprint density at radius 1 is 1.42 bits per heavy atom. The van der Waals surface area contributed by atoms with Crippen LogP contribution in [-0.4, -0.2) is 31.8 Å². The first-order valence-electron chi connectivity index (χ1n) is 7.25. The van der Waals surface area contributed by atoms with Crippen LogP contribution in [0, 0.1) is 6.92 Å². The maximum absolute atomic E-state index is 5.50. The van der Waals surface area contributed by atoms with Gasteiger partial charge in [0.15, 0.2) is 0 Å². The molecule has 1 aliphatic rings. The Labute approximate surface area is 116 Å². The van der Waals surface area contributed by atoms with E-state index in [1.165, 1.54) is 16.8 Å². The van der Waals surface area contributed by atoms with E-state index in [-0.39, 0.29) is 0 Å². The lowest BCUT2D eigenvalue weighted by Crippen LogP contribution is -2.43. The topological polar surface area (TPSA) is 24.5 Å². The van der Waals surface area contributed by atoms with Crippen molar-refractivity contribution in [3.8, 4) is 0 Å². The minimum Gasteiger partial charge on any atom is -0.377 e. The Balaban J connectivity index is 2.09. The molecule has 0 aliphatic carbocycles. The summed E-state index contributed by atoms with van der Waals surface area (Å²) in [6.07, 6.45) is 0. The number of aryl methyl sites for hydroxylation is 1. The molecule has 1 atom stereocenters. The van der Waals surface area contributed by atoms with E-state index in [1.54, 1.807) is 0 Å². The van der Waals surface area contributed by atoms with E-state index in [9.17, 15) is 0 Å². The molecule has 106 valence electrons. The van der Waals surface area contributed by atoms with Crippen LogP contribution < -0.4 is 10.2 Å². The van der Waals surface area contributed by atoms with Crippen molar-refractivity contribution in [2.75, 3.05) is 24.7 Å². The minimum atomic E-state index is 0.466. The van der Waals surface area contributed by atoms with Gasteiger partial charge in [-0.15, -0.1) is 0 Å². The summed E-state index contributed by atoms with van der Waals surface area (Å²) >= 11 is 0. The molecule has 0 spiro atoms. The monoisotopic (exact) mass is 262 g/mol. The van der Waals surface area contributed by atoms with Gasteiger partial charge in [0.1, 0.15) is 0 Å². The van der Waals surface area contributed by atoms with Crippen molar-refractivity contribution in [1.29, 1.82) is 0 Å². The van der Waals surface area contributed by atoms with Gasteiger partial charge >= 0.3 is 0 Å². The highest BCUT2D eigenvalue weighted by Gasteiger charge is 2.19. The van der Waals surface area contributed by atoms with E-state index in [0.29, 0.717) is 12.1 Å². The summed E-state index contributed by atoms with van der Waals surface area (Å²) in [6, 6.07) is 7.79. The van der Waals surface area contributed by atoms with Crippen LogP contribution in [0.3, 0.4) is 0 Å². The summed E-state index contributed by atoms with van der Waals surface area (Å²) in [7, 11) is 0. The van der Waals surface area contributed by atoms with Crippen LogP contribution in [0.1, 0.15) is 31.9 Å². The Morgan fingerprint density at radius 3 is 2.84 bits per heavy atom. The number of hydrogen-bond donors (Lipinski definition) is 1. The zero-order chi connectivity index (χ0) is 13.8. The van der Waals surface area contributed by atoms with Crippen molar-refractivity contribution in [2.45, 2.75) is 46.3 Å². The summed E-state index contributed by atoms with van der Waals surface area (Å²) in [5, 5.41) is 3.48. The number of hydrogen-bond acceptors (Lipinski definition) is 3. The van der Waals surface area contributed by atoms with Crippen molar-refractivity contribution in [1.82, 2.24) is 5.32 Å². The van der Waals surface area contributed by atoms with Crippen molar-refractivity contribution in [2.24, 2.45) is 0 Å². The summed E-state index contributed by atoms with van der Waals surface area (Å²) in [5.41, 5.74) is 4.07. The Kier molecular flexibility index (Phi) is 4.83. The second-order valence-electron chi connectivity index (χ2n) is 5.76. The molecule has 1 unspecified atom stereocenters. The molecule has 3 heteroatoms. The predicted molar refractivity (Wildman–Crippen MR) is 80.8 cm³/mol. The van der Waals surface area contributed by atoms with Crippen LogP contribution in [0.25, 0.3) is 0 Å². The maximum atomic E-state index is 5.50. The number of nitrogens with one attached hydrogen (secondary N) is 1. The van der Waals surface area contributed by atoms with Crippen molar-refractivity contribution < 1.29 is 4.74 Å². The summed E-state index contributed by atoms with van der Waals surface area (Å²) < 4.78 is 5.50. The molecule has 1 fully saturated rings. The number of rotatable bonds is 4. The summed E-state index contributed by atoms with van der Waals surface area (Å²) in [5.74, 6) is 0. The fourth-order valence-electron chi connectivity index (χ4n) is 2.48. The van der Waals surface area contributed by atoms with Crippen LogP contribution in [0.15, 0.2) is 18.2 Å². The first kappa shape index (κ1) is 14.4. The fourth-order valence-corrected chi connectivity index (χ4v) is 2.48. The Hall–Kier alpha value is -1.06. The molecule has 19 heavy (non-hydrogen) atoms. The van der Waals surface area contributed by atoms with Gasteiger partial charge in [0.25, 0.3) is 0 Å². The first-order valence-corrected chi connectivity index (χ1v) is 7.25. The SMILES string of the molecule is Cc1cc(N2CCOCC2C)ccc1CNC(C)C. The Morgan fingerprint density at radius 2 is 2.21 bits per heavy atom. The molecule has 0 aromatic heterocycles. The quantitative estimate of drug-likeness (QED) is 0.903. The lowest BCUT2D eigenvalue weighted by Gasteiger charge is -2.35. The van der Waals surface area contributed by atoms with Crippen LogP contribution in [0.2, 0.25) is 0 Å². The minimum absolute atomic E-state index is 0.466. The molecule has 1 aromatic rings. The number of anilines is 1. The normalized spacial score (nSPS) is 20.1. The van der Waals surface area contributed by atoms with E-state index in [0.717, 1.165) is 26.3 Å². The van der Waals surface area contributed by atoms with Crippen molar-refractivity contribution in [3.63, 3.8) is 0 Å². The zero-order valence-electron chi connectivity index (χ0n) is 12.6. The Bertz CT molecular complexity index is 417. The van der Waals surface area contributed by atoms with E-state index in [2.05, 4.69) is 56.1 Å².